The van der Waals surface area contributed by atoms with Crippen LogP contribution >= 0.6 is 0 Å². The SMILES string of the molecule is O=C(O)c1cn(Cc2ccc3c(c2)OCO3)c2cc(F)c(F)cc2c1=O. The number of aromatic carboxylic acids is 1. The van der Waals surface area contributed by atoms with Gasteiger partial charge >= 0.3 is 5.97 Å². The largest absolute Gasteiger partial charge is 0.477 e. The summed E-state index contributed by atoms with van der Waals surface area (Å²) in [5.41, 5.74) is -0.588. The van der Waals surface area contributed by atoms with Gasteiger partial charge in [-0.15, -0.1) is 0 Å². The lowest BCUT2D eigenvalue weighted by molar-refractivity contribution is 0.0695. The van der Waals surface area contributed by atoms with E-state index in [1.54, 1.807) is 18.2 Å². The van der Waals surface area contributed by atoms with Crippen LogP contribution in [0.1, 0.15) is 15.9 Å². The van der Waals surface area contributed by atoms with E-state index in [0.717, 1.165) is 18.3 Å². The van der Waals surface area contributed by atoms with Crippen molar-refractivity contribution in [3.05, 3.63) is 69.5 Å². The van der Waals surface area contributed by atoms with Crippen LogP contribution in [0.3, 0.4) is 0 Å². The number of carbonyl (C=O) groups is 1. The predicted octanol–water partition coefficient (Wildman–Crippen LogP) is 2.75. The lowest BCUT2D eigenvalue weighted by atomic mass is 10.1. The number of nitrogens with zero attached hydrogens (tertiary/aromatic N) is 1. The third-order valence-electron chi connectivity index (χ3n) is 4.14. The fourth-order valence-corrected chi connectivity index (χ4v) is 2.90. The van der Waals surface area contributed by atoms with Crippen LogP contribution in [0, 0.1) is 11.6 Å². The number of fused-ring (bicyclic) bond motifs is 2. The van der Waals surface area contributed by atoms with E-state index < -0.39 is 28.6 Å². The van der Waals surface area contributed by atoms with Crippen LogP contribution in [-0.2, 0) is 6.54 Å². The Morgan fingerprint density at radius 2 is 1.85 bits per heavy atom. The van der Waals surface area contributed by atoms with Crippen molar-refractivity contribution in [2.24, 2.45) is 0 Å². The second-order valence-electron chi connectivity index (χ2n) is 5.78. The van der Waals surface area contributed by atoms with Gasteiger partial charge in [-0.1, -0.05) is 6.07 Å². The Hall–Kier alpha value is -3.42. The third kappa shape index (κ3) is 2.55. The van der Waals surface area contributed by atoms with Gasteiger partial charge in [0.2, 0.25) is 12.2 Å². The molecule has 2 heterocycles. The van der Waals surface area contributed by atoms with Crippen molar-refractivity contribution >= 4 is 16.9 Å². The summed E-state index contributed by atoms with van der Waals surface area (Å²) in [6.07, 6.45) is 1.12. The molecule has 6 nitrogen and oxygen atoms in total. The van der Waals surface area contributed by atoms with Gasteiger partial charge in [-0.3, -0.25) is 4.79 Å². The molecule has 132 valence electrons. The zero-order chi connectivity index (χ0) is 18.4. The third-order valence-corrected chi connectivity index (χ3v) is 4.14. The minimum absolute atomic E-state index is 0.0940. The number of carboxylic acid groups (broad SMARTS) is 1. The van der Waals surface area contributed by atoms with Crippen LogP contribution in [0.15, 0.2) is 41.3 Å². The van der Waals surface area contributed by atoms with E-state index >= 15 is 0 Å². The molecule has 0 spiro atoms. The molecule has 0 saturated carbocycles. The number of ether oxygens (including phenoxy) is 2. The highest BCUT2D eigenvalue weighted by molar-refractivity contribution is 5.92. The Balaban J connectivity index is 1.90. The zero-order valence-electron chi connectivity index (χ0n) is 13.2. The smallest absolute Gasteiger partial charge is 0.341 e. The fraction of sp³-hybridized carbons (Fsp3) is 0.111. The van der Waals surface area contributed by atoms with Crippen LogP contribution in [0.25, 0.3) is 10.9 Å². The first-order chi connectivity index (χ1) is 12.4. The standard InChI is InChI=1S/C18H11F2NO5/c19-12-4-10-14(5-13(12)20)21(7-11(17(10)22)18(23)24)6-9-1-2-15-16(3-9)26-8-25-15/h1-5,7H,6,8H2,(H,23,24). The zero-order valence-corrected chi connectivity index (χ0v) is 13.2. The molecule has 1 N–H and O–H groups in total. The maximum atomic E-state index is 13.7. The Kier molecular flexibility index (Phi) is 3.61. The van der Waals surface area contributed by atoms with Gasteiger partial charge in [0.1, 0.15) is 5.56 Å². The minimum Gasteiger partial charge on any atom is -0.477 e. The molecule has 2 aromatic carbocycles. The van der Waals surface area contributed by atoms with Crippen LogP contribution in [-0.4, -0.2) is 22.4 Å². The van der Waals surface area contributed by atoms with Crippen molar-refractivity contribution in [2.75, 3.05) is 6.79 Å². The quantitative estimate of drug-likeness (QED) is 0.778. The topological polar surface area (TPSA) is 77.8 Å². The molecule has 26 heavy (non-hydrogen) atoms. The lowest BCUT2D eigenvalue weighted by Gasteiger charge is -2.13. The van der Waals surface area contributed by atoms with Crippen molar-refractivity contribution in [1.29, 1.82) is 0 Å². The van der Waals surface area contributed by atoms with Gasteiger partial charge in [-0.25, -0.2) is 13.6 Å². The van der Waals surface area contributed by atoms with Crippen LogP contribution < -0.4 is 14.9 Å². The highest BCUT2D eigenvalue weighted by Gasteiger charge is 2.18. The Morgan fingerprint density at radius 3 is 2.62 bits per heavy atom. The van der Waals surface area contributed by atoms with Crippen molar-refractivity contribution in [3.8, 4) is 11.5 Å². The summed E-state index contributed by atoms with van der Waals surface area (Å²) < 4.78 is 39.2. The number of halogens is 2. The van der Waals surface area contributed by atoms with E-state index in [9.17, 15) is 23.5 Å². The summed E-state index contributed by atoms with van der Waals surface area (Å²) in [5, 5.41) is 9.04. The highest BCUT2D eigenvalue weighted by Crippen LogP contribution is 2.33. The molecule has 1 aromatic heterocycles. The highest BCUT2D eigenvalue weighted by atomic mass is 19.2. The first-order valence-corrected chi connectivity index (χ1v) is 7.58. The average Bonchev–Trinajstić information content (AvgIpc) is 3.06. The maximum absolute atomic E-state index is 13.7. The first kappa shape index (κ1) is 16.1. The molecular formula is C18H11F2NO5. The monoisotopic (exact) mass is 359 g/mol. The van der Waals surface area contributed by atoms with E-state index in [0.29, 0.717) is 17.1 Å². The molecule has 4 rings (SSSR count). The Bertz CT molecular complexity index is 1120. The number of rotatable bonds is 3. The summed E-state index contributed by atoms with van der Waals surface area (Å²) in [5.74, 6) is -2.67. The van der Waals surface area contributed by atoms with Crippen molar-refractivity contribution in [1.82, 2.24) is 4.57 Å². The second-order valence-corrected chi connectivity index (χ2v) is 5.78. The van der Waals surface area contributed by atoms with E-state index in [1.807, 2.05) is 0 Å². The Morgan fingerprint density at radius 1 is 1.12 bits per heavy atom. The van der Waals surface area contributed by atoms with Crippen LogP contribution in [0.2, 0.25) is 0 Å². The Labute approximate surface area is 144 Å². The van der Waals surface area contributed by atoms with Gasteiger partial charge in [0.05, 0.1) is 5.52 Å². The number of pyridine rings is 1. The molecule has 1 aliphatic heterocycles. The molecule has 0 aliphatic carbocycles. The molecule has 0 fully saturated rings. The van der Waals surface area contributed by atoms with E-state index in [1.165, 1.54) is 4.57 Å². The normalized spacial score (nSPS) is 12.5. The molecule has 0 saturated heterocycles. The lowest BCUT2D eigenvalue weighted by Crippen LogP contribution is -2.19. The number of hydrogen-bond acceptors (Lipinski definition) is 4. The van der Waals surface area contributed by atoms with E-state index in [-0.39, 0.29) is 24.2 Å². The molecule has 0 amide bonds. The van der Waals surface area contributed by atoms with Crippen LogP contribution in [0.5, 0.6) is 11.5 Å². The summed E-state index contributed by atoms with van der Waals surface area (Å²) in [6, 6.07) is 6.73. The molecule has 0 radical (unpaired) electrons. The van der Waals surface area contributed by atoms with Gasteiger partial charge in [0.15, 0.2) is 23.1 Å². The summed E-state index contributed by atoms with van der Waals surface area (Å²) in [6.45, 7) is 0.228. The predicted molar refractivity (Wildman–Crippen MR) is 86.8 cm³/mol. The van der Waals surface area contributed by atoms with E-state index in [2.05, 4.69) is 0 Å². The molecule has 0 bridgehead atoms. The van der Waals surface area contributed by atoms with E-state index in [4.69, 9.17) is 9.47 Å². The number of benzene rings is 2. The minimum atomic E-state index is -1.44. The van der Waals surface area contributed by atoms with Crippen molar-refractivity contribution < 1.29 is 28.2 Å². The van der Waals surface area contributed by atoms with Crippen LogP contribution in [0.4, 0.5) is 8.78 Å². The molecule has 8 heteroatoms. The van der Waals surface area contributed by atoms with Gasteiger partial charge in [-0.2, -0.15) is 0 Å². The van der Waals surface area contributed by atoms with Gasteiger partial charge in [0, 0.05) is 24.2 Å². The fourth-order valence-electron chi connectivity index (χ4n) is 2.90. The summed E-state index contributed by atoms with van der Waals surface area (Å²) in [4.78, 5) is 23.6. The molecule has 0 unspecified atom stereocenters. The maximum Gasteiger partial charge on any atom is 0.341 e. The van der Waals surface area contributed by atoms with Crippen molar-refractivity contribution in [2.45, 2.75) is 6.54 Å². The molecule has 1 aliphatic rings. The van der Waals surface area contributed by atoms with Gasteiger partial charge < -0.3 is 19.1 Å². The van der Waals surface area contributed by atoms with Gasteiger partial charge in [-0.05, 0) is 23.8 Å². The molecule has 3 aromatic rings. The molecular weight excluding hydrogens is 348 g/mol. The number of aromatic nitrogens is 1. The average molecular weight is 359 g/mol. The second kappa shape index (κ2) is 5.83. The molecule has 0 atom stereocenters. The number of hydrogen-bond donors (Lipinski definition) is 1. The summed E-state index contributed by atoms with van der Waals surface area (Å²) >= 11 is 0. The summed E-state index contributed by atoms with van der Waals surface area (Å²) in [7, 11) is 0. The van der Waals surface area contributed by atoms with Crippen molar-refractivity contribution in [3.63, 3.8) is 0 Å². The first-order valence-electron chi connectivity index (χ1n) is 7.58. The number of carboxylic acids is 1. The van der Waals surface area contributed by atoms with Gasteiger partial charge in [0.25, 0.3) is 0 Å².